The standard InChI is InChI=1S/C31H38N4O4/c32-29(31(37)38)15-16-30(36)33-27-11-7-24(8-12-27)21-34-17-4-18-35(20-19-34)22-25-9-13-28(14-10-25)39-23-26-5-2-1-3-6-26/h1-3,5-14,29H,4,15-23,32H2,(H,33,36)(H,37,38)/t29-/m0/s1. The minimum atomic E-state index is -1.09. The monoisotopic (exact) mass is 530 g/mol. The maximum atomic E-state index is 12.1. The topological polar surface area (TPSA) is 108 Å². The molecule has 1 atom stereocenters. The number of rotatable bonds is 12. The van der Waals surface area contributed by atoms with Gasteiger partial charge in [-0.2, -0.15) is 0 Å². The number of carbonyl (C=O) groups excluding carboxylic acids is 1. The predicted molar refractivity (Wildman–Crippen MR) is 152 cm³/mol. The zero-order valence-corrected chi connectivity index (χ0v) is 22.3. The third-order valence-electron chi connectivity index (χ3n) is 6.90. The normalized spacial score (nSPS) is 15.3. The molecule has 8 nitrogen and oxygen atoms in total. The van der Waals surface area contributed by atoms with Crippen molar-refractivity contribution >= 4 is 17.6 Å². The van der Waals surface area contributed by atoms with Crippen LogP contribution in [0.25, 0.3) is 0 Å². The Morgan fingerprint density at radius 1 is 0.821 bits per heavy atom. The third-order valence-corrected chi connectivity index (χ3v) is 6.90. The van der Waals surface area contributed by atoms with E-state index in [4.69, 9.17) is 15.6 Å². The van der Waals surface area contributed by atoms with E-state index >= 15 is 0 Å². The van der Waals surface area contributed by atoms with E-state index in [2.05, 4.69) is 51.5 Å². The lowest BCUT2D eigenvalue weighted by Crippen LogP contribution is -2.31. The molecule has 4 N–H and O–H groups in total. The average molecular weight is 531 g/mol. The Hall–Kier alpha value is -3.72. The summed E-state index contributed by atoms with van der Waals surface area (Å²) >= 11 is 0. The number of carboxylic acids is 1. The molecule has 0 saturated carbocycles. The number of amides is 1. The van der Waals surface area contributed by atoms with Crippen molar-refractivity contribution in [2.75, 3.05) is 31.5 Å². The average Bonchev–Trinajstić information content (AvgIpc) is 3.17. The van der Waals surface area contributed by atoms with Crippen LogP contribution in [0.1, 0.15) is 36.0 Å². The maximum absolute atomic E-state index is 12.1. The molecule has 0 radical (unpaired) electrons. The van der Waals surface area contributed by atoms with E-state index in [1.54, 1.807) is 0 Å². The number of benzene rings is 3. The van der Waals surface area contributed by atoms with E-state index in [1.165, 1.54) is 11.1 Å². The Morgan fingerprint density at radius 2 is 1.41 bits per heavy atom. The molecule has 0 aromatic heterocycles. The molecule has 39 heavy (non-hydrogen) atoms. The fourth-order valence-corrected chi connectivity index (χ4v) is 4.62. The number of anilines is 1. The Morgan fingerprint density at radius 3 is 2.00 bits per heavy atom. The molecular weight excluding hydrogens is 492 g/mol. The number of nitrogens with one attached hydrogen (secondary N) is 1. The minimum absolute atomic E-state index is 0.0751. The predicted octanol–water partition coefficient (Wildman–Crippen LogP) is 4.10. The fourth-order valence-electron chi connectivity index (χ4n) is 4.62. The highest BCUT2D eigenvalue weighted by molar-refractivity contribution is 5.91. The largest absolute Gasteiger partial charge is 0.489 e. The van der Waals surface area contributed by atoms with Crippen molar-refractivity contribution in [2.24, 2.45) is 5.73 Å². The highest BCUT2D eigenvalue weighted by Crippen LogP contribution is 2.18. The van der Waals surface area contributed by atoms with Gasteiger partial charge in [-0.05, 0) is 66.9 Å². The fraction of sp³-hybridized carbons (Fsp3) is 0.355. The zero-order chi connectivity index (χ0) is 27.5. The minimum Gasteiger partial charge on any atom is -0.489 e. The van der Waals surface area contributed by atoms with Gasteiger partial charge in [-0.25, -0.2) is 0 Å². The molecule has 1 aliphatic rings. The molecular formula is C31H38N4O4. The second kappa shape index (κ2) is 14.4. The second-order valence-corrected chi connectivity index (χ2v) is 10.1. The molecule has 1 saturated heterocycles. The summed E-state index contributed by atoms with van der Waals surface area (Å²) in [6.45, 7) is 6.49. The van der Waals surface area contributed by atoms with E-state index < -0.39 is 12.0 Å². The van der Waals surface area contributed by atoms with Crippen LogP contribution in [0.2, 0.25) is 0 Å². The molecule has 4 rings (SSSR count). The van der Waals surface area contributed by atoms with Crippen molar-refractivity contribution in [2.45, 2.75) is 45.0 Å². The second-order valence-electron chi connectivity index (χ2n) is 10.1. The summed E-state index contributed by atoms with van der Waals surface area (Å²) in [5.74, 6) is -0.443. The van der Waals surface area contributed by atoms with Gasteiger partial charge in [-0.3, -0.25) is 19.4 Å². The van der Waals surface area contributed by atoms with Crippen LogP contribution < -0.4 is 15.8 Å². The van der Waals surface area contributed by atoms with Crippen LogP contribution in [0.15, 0.2) is 78.9 Å². The van der Waals surface area contributed by atoms with Gasteiger partial charge in [0.05, 0.1) is 0 Å². The van der Waals surface area contributed by atoms with E-state index in [0.29, 0.717) is 12.3 Å². The Bertz CT molecular complexity index is 1190. The summed E-state index contributed by atoms with van der Waals surface area (Å²) in [4.78, 5) is 27.8. The van der Waals surface area contributed by atoms with E-state index in [0.717, 1.165) is 57.0 Å². The van der Waals surface area contributed by atoms with Crippen molar-refractivity contribution in [3.8, 4) is 5.75 Å². The number of hydrogen-bond acceptors (Lipinski definition) is 6. The lowest BCUT2D eigenvalue weighted by atomic mass is 10.1. The Kier molecular flexibility index (Phi) is 10.5. The van der Waals surface area contributed by atoms with Crippen molar-refractivity contribution < 1.29 is 19.4 Å². The van der Waals surface area contributed by atoms with Gasteiger partial charge in [-0.15, -0.1) is 0 Å². The smallest absolute Gasteiger partial charge is 0.320 e. The number of ether oxygens (including phenoxy) is 1. The van der Waals surface area contributed by atoms with Crippen LogP contribution >= 0.6 is 0 Å². The van der Waals surface area contributed by atoms with E-state index in [1.807, 2.05) is 42.5 Å². The molecule has 3 aromatic rings. The first kappa shape index (κ1) is 28.3. The summed E-state index contributed by atoms with van der Waals surface area (Å²) < 4.78 is 5.92. The van der Waals surface area contributed by atoms with E-state index in [9.17, 15) is 9.59 Å². The van der Waals surface area contributed by atoms with Crippen molar-refractivity contribution in [1.29, 1.82) is 0 Å². The van der Waals surface area contributed by atoms with Gasteiger partial charge in [0.1, 0.15) is 18.4 Å². The molecule has 0 unspecified atom stereocenters. The van der Waals surface area contributed by atoms with E-state index in [-0.39, 0.29) is 18.7 Å². The van der Waals surface area contributed by atoms with Crippen molar-refractivity contribution in [1.82, 2.24) is 9.80 Å². The highest BCUT2D eigenvalue weighted by Gasteiger charge is 2.16. The first-order valence-corrected chi connectivity index (χ1v) is 13.5. The molecule has 1 fully saturated rings. The first-order valence-electron chi connectivity index (χ1n) is 13.5. The molecule has 0 aliphatic carbocycles. The molecule has 0 spiro atoms. The molecule has 8 heteroatoms. The van der Waals surface area contributed by atoms with Gasteiger partial charge < -0.3 is 20.9 Å². The van der Waals surface area contributed by atoms with Gasteiger partial charge in [0, 0.05) is 38.3 Å². The van der Waals surface area contributed by atoms with Crippen LogP contribution in [0, 0.1) is 0 Å². The molecule has 1 aliphatic heterocycles. The highest BCUT2D eigenvalue weighted by atomic mass is 16.5. The molecule has 0 bridgehead atoms. The van der Waals surface area contributed by atoms with Crippen LogP contribution in [-0.4, -0.2) is 59.0 Å². The SMILES string of the molecule is N[C@@H](CCC(=O)Nc1ccc(CN2CCCN(Cc3ccc(OCc4ccccc4)cc3)CC2)cc1)C(=O)O. The van der Waals surface area contributed by atoms with Gasteiger partial charge in [0.25, 0.3) is 0 Å². The number of carbonyl (C=O) groups is 2. The van der Waals surface area contributed by atoms with Crippen LogP contribution in [0.5, 0.6) is 5.75 Å². The summed E-state index contributed by atoms with van der Waals surface area (Å²) in [5.41, 5.74) is 9.81. The number of nitrogens with zero attached hydrogens (tertiary/aromatic N) is 2. The molecule has 206 valence electrons. The Balaban J connectivity index is 1.18. The number of carboxylic acid groups (broad SMARTS) is 1. The van der Waals surface area contributed by atoms with Crippen LogP contribution in [0.3, 0.4) is 0 Å². The zero-order valence-electron chi connectivity index (χ0n) is 22.3. The van der Waals surface area contributed by atoms with Gasteiger partial charge in [0.15, 0.2) is 0 Å². The lowest BCUT2D eigenvalue weighted by molar-refractivity contribution is -0.138. The number of hydrogen-bond donors (Lipinski definition) is 3. The number of aliphatic carboxylic acids is 1. The van der Waals surface area contributed by atoms with Crippen molar-refractivity contribution in [3.63, 3.8) is 0 Å². The molecule has 3 aromatic carbocycles. The maximum Gasteiger partial charge on any atom is 0.320 e. The number of nitrogens with two attached hydrogens (primary N) is 1. The third kappa shape index (κ3) is 9.51. The van der Waals surface area contributed by atoms with Gasteiger partial charge in [0.2, 0.25) is 5.91 Å². The van der Waals surface area contributed by atoms with Gasteiger partial charge >= 0.3 is 5.97 Å². The molecule has 1 heterocycles. The molecule has 1 amide bonds. The van der Waals surface area contributed by atoms with Crippen molar-refractivity contribution in [3.05, 3.63) is 95.6 Å². The first-order chi connectivity index (χ1) is 18.9. The summed E-state index contributed by atoms with van der Waals surface area (Å²) in [7, 11) is 0. The summed E-state index contributed by atoms with van der Waals surface area (Å²) in [6, 6.07) is 25.4. The van der Waals surface area contributed by atoms with Crippen LogP contribution in [0.4, 0.5) is 5.69 Å². The summed E-state index contributed by atoms with van der Waals surface area (Å²) in [5, 5.41) is 11.6. The van der Waals surface area contributed by atoms with Crippen LogP contribution in [-0.2, 0) is 29.3 Å². The Labute approximate surface area is 230 Å². The summed E-state index contributed by atoms with van der Waals surface area (Å²) in [6.07, 6.45) is 1.30. The quantitative estimate of drug-likeness (QED) is 0.324. The lowest BCUT2D eigenvalue weighted by Gasteiger charge is -2.22. The van der Waals surface area contributed by atoms with Gasteiger partial charge in [-0.1, -0.05) is 54.6 Å².